The van der Waals surface area contributed by atoms with Crippen LogP contribution in [0, 0.1) is 0 Å². The highest BCUT2D eigenvalue weighted by Crippen LogP contribution is 2.14. The zero-order valence-electron chi connectivity index (χ0n) is 9.53. The van der Waals surface area contributed by atoms with Gasteiger partial charge in [0.25, 0.3) is 6.47 Å². The first-order chi connectivity index (χ1) is 6.61. The molecule has 1 atom stereocenters. The van der Waals surface area contributed by atoms with Gasteiger partial charge >= 0.3 is 0 Å². The van der Waals surface area contributed by atoms with E-state index in [1.807, 2.05) is 13.8 Å². The van der Waals surface area contributed by atoms with Crippen LogP contribution in [-0.2, 0) is 4.79 Å². The summed E-state index contributed by atoms with van der Waals surface area (Å²) in [5.41, 5.74) is 0. The first-order valence-electron chi connectivity index (χ1n) is 5.07. The largest absolute Gasteiger partial charge is 0.483 e. The zero-order chi connectivity index (χ0) is 11.6. The van der Waals surface area contributed by atoms with Crippen LogP contribution in [0.25, 0.3) is 0 Å². The Balaban J connectivity index is 0. The molecule has 0 saturated carbocycles. The molecule has 4 heteroatoms. The summed E-state index contributed by atoms with van der Waals surface area (Å²) in [7, 11) is 0. The molecular weight excluding hydrogens is 185 g/mol. The molecule has 0 aromatic rings. The SMILES string of the molecule is CC.CC(C)N1CCC(F)C1.O=CO. The summed E-state index contributed by atoms with van der Waals surface area (Å²) in [6, 6.07) is 0.519. The first kappa shape index (κ1) is 15.8. The van der Waals surface area contributed by atoms with E-state index in [1.54, 1.807) is 0 Å². The number of nitrogens with zero attached hydrogens (tertiary/aromatic N) is 1. The standard InChI is InChI=1S/C7H14FN.C2H6.CH2O2/c1-6(2)9-4-3-7(8)5-9;1-2;2-1-3/h6-7H,3-5H2,1-2H3;1-2H3;1H,(H,2,3). The summed E-state index contributed by atoms with van der Waals surface area (Å²) in [6.45, 7) is 9.56. The van der Waals surface area contributed by atoms with E-state index in [-0.39, 0.29) is 6.47 Å². The van der Waals surface area contributed by atoms with Gasteiger partial charge in [-0.3, -0.25) is 9.69 Å². The average Bonchev–Trinajstić information content (AvgIpc) is 2.57. The quantitative estimate of drug-likeness (QED) is 0.670. The summed E-state index contributed by atoms with van der Waals surface area (Å²) < 4.78 is 12.5. The van der Waals surface area contributed by atoms with Crippen molar-refractivity contribution in [3.8, 4) is 0 Å². The molecule has 1 aliphatic heterocycles. The van der Waals surface area contributed by atoms with Gasteiger partial charge in [-0.25, -0.2) is 4.39 Å². The van der Waals surface area contributed by atoms with E-state index < -0.39 is 6.17 Å². The summed E-state index contributed by atoms with van der Waals surface area (Å²) in [4.78, 5) is 10.5. The lowest BCUT2D eigenvalue weighted by Crippen LogP contribution is -2.28. The van der Waals surface area contributed by atoms with Gasteiger partial charge < -0.3 is 5.11 Å². The van der Waals surface area contributed by atoms with Crippen molar-refractivity contribution < 1.29 is 14.3 Å². The van der Waals surface area contributed by atoms with Crippen LogP contribution < -0.4 is 0 Å². The topological polar surface area (TPSA) is 40.5 Å². The number of halogens is 1. The summed E-state index contributed by atoms with van der Waals surface area (Å²) in [6.07, 6.45) is 0.172. The van der Waals surface area contributed by atoms with Crippen LogP contribution in [0.3, 0.4) is 0 Å². The number of alkyl halides is 1. The molecule has 0 aromatic carbocycles. The minimum absolute atomic E-state index is 0.250. The number of carboxylic acid groups (broad SMARTS) is 1. The Morgan fingerprint density at radius 2 is 1.93 bits per heavy atom. The van der Waals surface area contributed by atoms with Crippen molar-refractivity contribution in [2.24, 2.45) is 0 Å². The van der Waals surface area contributed by atoms with Crippen molar-refractivity contribution in [2.45, 2.75) is 46.3 Å². The lowest BCUT2D eigenvalue weighted by molar-refractivity contribution is -0.122. The second-order valence-corrected chi connectivity index (χ2v) is 3.08. The Morgan fingerprint density at radius 1 is 1.50 bits per heavy atom. The van der Waals surface area contributed by atoms with Gasteiger partial charge in [0.05, 0.1) is 0 Å². The third-order valence-corrected chi connectivity index (χ3v) is 1.89. The highest BCUT2D eigenvalue weighted by Gasteiger charge is 2.22. The van der Waals surface area contributed by atoms with E-state index in [1.165, 1.54) is 0 Å². The van der Waals surface area contributed by atoms with Crippen LogP contribution in [0.1, 0.15) is 34.1 Å². The van der Waals surface area contributed by atoms with Gasteiger partial charge in [-0.2, -0.15) is 0 Å². The molecule has 1 aliphatic rings. The lowest BCUT2D eigenvalue weighted by atomic mass is 10.3. The van der Waals surface area contributed by atoms with Crippen LogP contribution in [0.4, 0.5) is 4.39 Å². The number of carbonyl (C=O) groups is 1. The lowest BCUT2D eigenvalue weighted by Gasteiger charge is -2.18. The third-order valence-electron chi connectivity index (χ3n) is 1.89. The van der Waals surface area contributed by atoms with Crippen LogP contribution in [0.15, 0.2) is 0 Å². The van der Waals surface area contributed by atoms with Crippen molar-refractivity contribution in [2.75, 3.05) is 13.1 Å². The molecule has 86 valence electrons. The monoisotopic (exact) mass is 207 g/mol. The molecule has 0 aliphatic carbocycles. The van der Waals surface area contributed by atoms with Gasteiger partial charge in [-0.05, 0) is 20.3 Å². The van der Waals surface area contributed by atoms with Gasteiger partial charge in [0.15, 0.2) is 0 Å². The molecule has 1 heterocycles. The Hall–Kier alpha value is -0.640. The molecule has 3 nitrogen and oxygen atoms in total. The first-order valence-corrected chi connectivity index (χ1v) is 5.07. The molecule has 0 spiro atoms. The maximum Gasteiger partial charge on any atom is 0.290 e. The molecule has 0 radical (unpaired) electrons. The Kier molecular flexibility index (Phi) is 11.8. The highest BCUT2D eigenvalue weighted by molar-refractivity contribution is 5.32. The summed E-state index contributed by atoms with van der Waals surface area (Å²) in [5, 5.41) is 6.89. The minimum atomic E-state index is -0.563. The minimum Gasteiger partial charge on any atom is -0.483 e. The zero-order valence-corrected chi connectivity index (χ0v) is 9.53. The molecule has 1 N–H and O–H groups in total. The number of hydrogen-bond acceptors (Lipinski definition) is 2. The molecule has 0 amide bonds. The van der Waals surface area contributed by atoms with Crippen molar-refractivity contribution in [3.63, 3.8) is 0 Å². The molecule has 1 fully saturated rings. The summed E-state index contributed by atoms with van der Waals surface area (Å²) in [5.74, 6) is 0. The van der Waals surface area contributed by atoms with Crippen LogP contribution in [-0.4, -0.2) is 41.8 Å². The normalized spacial score (nSPS) is 20.6. The second-order valence-electron chi connectivity index (χ2n) is 3.08. The van der Waals surface area contributed by atoms with E-state index in [0.29, 0.717) is 12.6 Å². The number of likely N-dealkylation sites (tertiary alicyclic amines) is 1. The number of rotatable bonds is 1. The maximum atomic E-state index is 12.5. The third kappa shape index (κ3) is 7.98. The fourth-order valence-electron chi connectivity index (χ4n) is 1.21. The van der Waals surface area contributed by atoms with Gasteiger partial charge in [-0.15, -0.1) is 0 Å². The predicted molar refractivity (Wildman–Crippen MR) is 56.3 cm³/mol. The Labute approximate surface area is 85.9 Å². The van der Waals surface area contributed by atoms with Crippen molar-refractivity contribution >= 4 is 6.47 Å². The number of hydrogen-bond donors (Lipinski definition) is 1. The molecule has 1 unspecified atom stereocenters. The molecule has 0 aromatic heterocycles. The van der Waals surface area contributed by atoms with E-state index in [9.17, 15) is 4.39 Å². The molecule has 14 heavy (non-hydrogen) atoms. The van der Waals surface area contributed by atoms with E-state index in [0.717, 1.165) is 13.0 Å². The fraction of sp³-hybridized carbons (Fsp3) is 0.900. The van der Waals surface area contributed by atoms with Crippen LogP contribution in [0.2, 0.25) is 0 Å². The molecule has 0 bridgehead atoms. The Morgan fingerprint density at radius 3 is 2.07 bits per heavy atom. The van der Waals surface area contributed by atoms with Crippen molar-refractivity contribution in [1.29, 1.82) is 0 Å². The van der Waals surface area contributed by atoms with Crippen molar-refractivity contribution in [3.05, 3.63) is 0 Å². The van der Waals surface area contributed by atoms with Gasteiger partial charge in [0, 0.05) is 19.1 Å². The molecule has 1 rings (SSSR count). The van der Waals surface area contributed by atoms with E-state index >= 15 is 0 Å². The second kappa shape index (κ2) is 10.4. The predicted octanol–water partition coefficient (Wildman–Crippen LogP) is 2.17. The highest BCUT2D eigenvalue weighted by atomic mass is 19.1. The fourth-order valence-corrected chi connectivity index (χ4v) is 1.21. The average molecular weight is 207 g/mol. The smallest absolute Gasteiger partial charge is 0.290 e. The van der Waals surface area contributed by atoms with Crippen LogP contribution in [0.5, 0.6) is 0 Å². The van der Waals surface area contributed by atoms with E-state index in [2.05, 4.69) is 18.7 Å². The maximum absolute atomic E-state index is 12.5. The molecular formula is C10H22FNO2. The van der Waals surface area contributed by atoms with Crippen LogP contribution >= 0.6 is 0 Å². The van der Waals surface area contributed by atoms with Gasteiger partial charge in [0.1, 0.15) is 6.17 Å². The molecule has 1 saturated heterocycles. The summed E-state index contributed by atoms with van der Waals surface area (Å²) >= 11 is 0. The van der Waals surface area contributed by atoms with E-state index in [4.69, 9.17) is 9.90 Å². The Bertz CT molecular complexity index is 131. The van der Waals surface area contributed by atoms with Crippen molar-refractivity contribution in [1.82, 2.24) is 4.90 Å². The van der Waals surface area contributed by atoms with Gasteiger partial charge in [0.2, 0.25) is 0 Å². The van der Waals surface area contributed by atoms with Gasteiger partial charge in [-0.1, -0.05) is 13.8 Å².